The Morgan fingerprint density at radius 3 is 2.84 bits per heavy atom. The summed E-state index contributed by atoms with van der Waals surface area (Å²) >= 11 is 13.4. The molecule has 0 spiro atoms. The van der Waals surface area contributed by atoms with Crippen LogP contribution in [0.2, 0.25) is 5.02 Å². The monoisotopic (exact) mass is 384 g/mol. The lowest BCUT2D eigenvalue weighted by Gasteiger charge is -2.43. The van der Waals surface area contributed by atoms with Gasteiger partial charge in [-0.3, -0.25) is 14.8 Å². The molecule has 1 fully saturated rings. The highest BCUT2D eigenvalue weighted by molar-refractivity contribution is 8.33. The van der Waals surface area contributed by atoms with E-state index < -0.39 is 0 Å². The molecule has 3 aliphatic heterocycles. The van der Waals surface area contributed by atoms with Gasteiger partial charge >= 0.3 is 0 Å². The normalized spacial score (nSPS) is 21.3. The fourth-order valence-electron chi connectivity index (χ4n) is 3.44. The van der Waals surface area contributed by atoms with E-state index in [2.05, 4.69) is 34.1 Å². The van der Waals surface area contributed by atoms with Crippen molar-refractivity contribution in [2.45, 2.75) is 6.04 Å². The van der Waals surface area contributed by atoms with Crippen molar-refractivity contribution in [1.82, 2.24) is 9.80 Å². The van der Waals surface area contributed by atoms with Crippen LogP contribution in [0.5, 0.6) is 0 Å². The van der Waals surface area contributed by atoms with Gasteiger partial charge < -0.3 is 0 Å². The first-order valence-electron chi connectivity index (χ1n) is 7.98. The van der Waals surface area contributed by atoms with Crippen molar-refractivity contribution in [3.63, 3.8) is 0 Å². The van der Waals surface area contributed by atoms with E-state index in [0.717, 1.165) is 39.8 Å². The molecule has 0 N–H and O–H groups in total. The number of nitrogens with zero attached hydrogens (tertiary/aromatic N) is 4. The van der Waals surface area contributed by atoms with Gasteiger partial charge in [-0.05, 0) is 35.5 Å². The number of hydrogen-bond donors (Lipinski definition) is 0. The Balaban J connectivity index is 1.75. The second-order valence-corrected chi connectivity index (χ2v) is 8.02. The van der Waals surface area contributed by atoms with Crippen LogP contribution in [0.4, 0.5) is 5.69 Å². The zero-order chi connectivity index (χ0) is 17.0. The maximum Gasteiger partial charge on any atom is 0.209 e. The van der Waals surface area contributed by atoms with Crippen molar-refractivity contribution in [2.24, 2.45) is 9.98 Å². The Labute approximate surface area is 160 Å². The largest absolute Gasteiger partial charge is 0.295 e. The maximum atomic E-state index is 6.31. The molecular formula is C18H13ClN4S2. The molecule has 0 aromatic heterocycles. The van der Waals surface area contributed by atoms with Gasteiger partial charge in [0.1, 0.15) is 0 Å². The van der Waals surface area contributed by atoms with Crippen molar-refractivity contribution in [3.8, 4) is 0 Å². The quantitative estimate of drug-likeness (QED) is 0.680. The van der Waals surface area contributed by atoms with Crippen LogP contribution in [0.25, 0.3) is 0 Å². The fourth-order valence-corrected chi connectivity index (χ4v) is 4.88. The molecule has 0 amide bonds. The molecule has 2 aromatic carbocycles. The molecule has 4 nitrogen and oxygen atoms in total. The summed E-state index contributed by atoms with van der Waals surface area (Å²) in [5, 5.41) is 1.59. The molecule has 1 atom stereocenters. The first-order valence-corrected chi connectivity index (χ1v) is 9.59. The summed E-state index contributed by atoms with van der Waals surface area (Å²) in [4.78, 5) is 13.9. The number of benzene rings is 2. The van der Waals surface area contributed by atoms with Crippen LogP contribution < -0.4 is 0 Å². The molecule has 0 saturated carbocycles. The molecule has 1 saturated heterocycles. The Kier molecular flexibility index (Phi) is 3.58. The Morgan fingerprint density at radius 2 is 2.00 bits per heavy atom. The molecule has 3 heterocycles. The molecule has 25 heavy (non-hydrogen) atoms. The first-order chi connectivity index (χ1) is 12.2. The third kappa shape index (κ3) is 2.39. The molecule has 7 heteroatoms. The van der Waals surface area contributed by atoms with Gasteiger partial charge in [-0.15, -0.1) is 0 Å². The van der Waals surface area contributed by atoms with Gasteiger partial charge in [-0.25, -0.2) is 4.99 Å². The minimum atomic E-state index is -0.0163. The predicted molar refractivity (Wildman–Crippen MR) is 108 cm³/mol. The first kappa shape index (κ1) is 15.4. The number of fused-ring (bicyclic) bond motifs is 4. The van der Waals surface area contributed by atoms with E-state index in [4.69, 9.17) is 33.8 Å². The molecule has 3 aliphatic rings. The number of thioether (sulfide) groups is 1. The number of aliphatic imine (C=N–C) groups is 2. The minimum absolute atomic E-state index is 0.0163. The Morgan fingerprint density at radius 1 is 1.16 bits per heavy atom. The number of hydrogen-bond acceptors (Lipinski definition) is 5. The fraction of sp³-hybridized carbons (Fsp3) is 0.167. The van der Waals surface area contributed by atoms with Crippen LogP contribution >= 0.6 is 35.6 Å². The second-order valence-electron chi connectivity index (χ2n) is 5.98. The van der Waals surface area contributed by atoms with E-state index in [1.54, 1.807) is 0 Å². The average Bonchev–Trinajstić information content (AvgIpc) is 3.11. The third-order valence-corrected chi connectivity index (χ3v) is 6.08. The summed E-state index contributed by atoms with van der Waals surface area (Å²) in [6.45, 7) is 1.58. The summed E-state index contributed by atoms with van der Waals surface area (Å²) in [5.41, 5.74) is 3.21. The smallest absolute Gasteiger partial charge is 0.209 e. The predicted octanol–water partition coefficient (Wildman–Crippen LogP) is 4.44. The summed E-state index contributed by atoms with van der Waals surface area (Å²) in [5.74, 6) is 0.891. The highest BCUT2D eigenvalue weighted by Gasteiger charge is 2.43. The van der Waals surface area contributed by atoms with E-state index in [0.29, 0.717) is 5.02 Å². The van der Waals surface area contributed by atoms with Crippen LogP contribution in [-0.2, 0) is 0 Å². The van der Waals surface area contributed by atoms with E-state index in [9.17, 15) is 0 Å². The third-order valence-electron chi connectivity index (χ3n) is 4.51. The zero-order valence-corrected chi connectivity index (χ0v) is 15.5. The lowest BCUT2D eigenvalue weighted by Crippen LogP contribution is -2.53. The van der Waals surface area contributed by atoms with Gasteiger partial charge in [0, 0.05) is 17.1 Å². The standard InChI is InChI=1S/C18H13ClN4S2/c19-12-6-7-14-13(10-12)15(11-4-2-1-3-5-11)23-16-20-8-9-22(16)18(24)25-17(23)21-14/h1-7,10,15H,8-9H2. The lowest BCUT2D eigenvalue weighted by molar-refractivity contribution is 0.465. The van der Waals surface area contributed by atoms with Crippen molar-refractivity contribution >= 4 is 56.7 Å². The highest BCUT2D eigenvalue weighted by atomic mass is 35.5. The van der Waals surface area contributed by atoms with E-state index >= 15 is 0 Å². The molecule has 0 bridgehead atoms. The van der Waals surface area contributed by atoms with Crippen molar-refractivity contribution in [1.29, 1.82) is 0 Å². The number of thiocarbonyl (C=S) groups is 1. The molecule has 5 rings (SSSR count). The van der Waals surface area contributed by atoms with Crippen LogP contribution in [0.1, 0.15) is 17.2 Å². The van der Waals surface area contributed by atoms with Crippen molar-refractivity contribution in [3.05, 3.63) is 64.7 Å². The lowest BCUT2D eigenvalue weighted by atomic mass is 9.95. The van der Waals surface area contributed by atoms with E-state index in [-0.39, 0.29) is 6.04 Å². The topological polar surface area (TPSA) is 31.2 Å². The number of amidine groups is 1. The minimum Gasteiger partial charge on any atom is -0.295 e. The maximum absolute atomic E-state index is 6.31. The molecular weight excluding hydrogens is 372 g/mol. The zero-order valence-electron chi connectivity index (χ0n) is 13.1. The van der Waals surface area contributed by atoms with Gasteiger partial charge in [-0.1, -0.05) is 54.2 Å². The van der Waals surface area contributed by atoms with Crippen molar-refractivity contribution in [2.75, 3.05) is 13.1 Å². The van der Waals surface area contributed by atoms with Crippen LogP contribution in [0, 0.1) is 0 Å². The van der Waals surface area contributed by atoms with E-state index in [1.165, 1.54) is 17.3 Å². The van der Waals surface area contributed by atoms with Crippen LogP contribution in [-0.4, -0.2) is 38.3 Å². The Hall–Kier alpha value is -1.89. The highest BCUT2D eigenvalue weighted by Crippen LogP contribution is 2.45. The van der Waals surface area contributed by atoms with Gasteiger partial charge in [0.15, 0.2) is 9.49 Å². The summed E-state index contributed by atoms with van der Waals surface area (Å²) in [6, 6.07) is 16.3. The van der Waals surface area contributed by atoms with Gasteiger partial charge in [0.25, 0.3) is 0 Å². The van der Waals surface area contributed by atoms with Gasteiger partial charge in [0.2, 0.25) is 5.96 Å². The SMILES string of the molecule is S=C1SC2=Nc3ccc(Cl)cc3C(c3ccccc3)N2C2=NCCN12. The molecule has 0 radical (unpaired) electrons. The molecule has 124 valence electrons. The van der Waals surface area contributed by atoms with Gasteiger partial charge in [-0.2, -0.15) is 0 Å². The molecule has 2 aromatic rings. The summed E-state index contributed by atoms with van der Waals surface area (Å²) in [6.07, 6.45) is 0. The second kappa shape index (κ2) is 5.83. The average molecular weight is 385 g/mol. The molecule has 0 aliphatic carbocycles. The van der Waals surface area contributed by atoms with E-state index in [1.807, 2.05) is 24.3 Å². The van der Waals surface area contributed by atoms with Crippen LogP contribution in [0.15, 0.2) is 58.5 Å². The van der Waals surface area contributed by atoms with Gasteiger partial charge in [0.05, 0.1) is 18.3 Å². The van der Waals surface area contributed by atoms with Crippen molar-refractivity contribution < 1.29 is 0 Å². The number of rotatable bonds is 1. The summed E-state index contributed by atoms with van der Waals surface area (Å²) in [7, 11) is 0. The summed E-state index contributed by atoms with van der Waals surface area (Å²) < 4.78 is 0.815. The number of guanidine groups is 1. The Bertz CT molecular complexity index is 941. The number of halogens is 1. The van der Waals surface area contributed by atoms with Crippen LogP contribution in [0.3, 0.4) is 0 Å². The molecule has 1 unspecified atom stereocenters.